The number of anilines is 1. The number of fused-ring (bicyclic) bond motifs is 1. The minimum absolute atomic E-state index is 0.0681. The van der Waals surface area contributed by atoms with Crippen LogP contribution in [-0.2, 0) is 22.6 Å². The van der Waals surface area contributed by atoms with E-state index in [0.717, 1.165) is 35.6 Å². The van der Waals surface area contributed by atoms with E-state index in [4.69, 9.17) is 5.10 Å². The molecule has 1 saturated heterocycles. The highest BCUT2D eigenvalue weighted by molar-refractivity contribution is 5.77. The quantitative estimate of drug-likeness (QED) is 0.834. The van der Waals surface area contributed by atoms with Crippen molar-refractivity contribution >= 4 is 17.6 Å². The summed E-state index contributed by atoms with van der Waals surface area (Å²) in [5, 5.41) is 7.76. The Balaban J connectivity index is 2.02. The van der Waals surface area contributed by atoms with Crippen molar-refractivity contribution in [3.05, 3.63) is 35.7 Å². The summed E-state index contributed by atoms with van der Waals surface area (Å²) in [6.07, 6.45) is 5.95. The van der Waals surface area contributed by atoms with Crippen molar-refractivity contribution in [3.8, 4) is 0 Å². The number of hydrogen-bond acceptors (Lipinski definition) is 4. The number of allylic oxidation sites excluding steroid dienone is 2. The topological polar surface area (TPSA) is 70.5 Å². The van der Waals surface area contributed by atoms with Crippen molar-refractivity contribution in [1.29, 1.82) is 0 Å². The van der Waals surface area contributed by atoms with Gasteiger partial charge in [-0.2, -0.15) is 5.10 Å². The number of rotatable bonds is 4. The largest absolute Gasteiger partial charge is 0.356 e. The van der Waals surface area contributed by atoms with E-state index in [1.807, 2.05) is 40.6 Å². The average Bonchev–Trinajstić information content (AvgIpc) is 3.00. The molecule has 1 atom stereocenters. The predicted molar refractivity (Wildman–Crippen MR) is 101 cm³/mol. The molecule has 3 rings (SSSR count). The monoisotopic (exact) mass is 357 g/mol. The number of piperidine rings is 1. The molecule has 140 valence electrons. The third-order valence-electron chi connectivity index (χ3n) is 5.18. The maximum Gasteiger partial charge on any atom is 0.222 e. The van der Waals surface area contributed by atoms with Crippen molar-refractivity contribution in [2.45, 2.75) is 45.7 Å². The molecule has 26 heavy (non-hydrogen) atoms. The van der Waals surface area contributed by atoms with E-state index >= 15 is 0 Å². The zero-order chi connectivity index (χ0) is 18.8. The van der Waals surface area contributed by atoms with Crippen molar-refractivity contribution in [2.24, 2.45) is 0 Å². The van der Waals surface area contributed by atoms with Gasteiger partial charge in [-0.15, -0.1) is 0 Å². The van der Waals surface area contributed by atoms with Gasteiger partial charge in [0.15, 0.2) is 5.82 Å². The second-order valence-corrected chi connectivity index (χ2v) is 6.93. The Labute approximate surface area is 154 Å². The lowest BCUT2D eigenvalue weighted by atomic mass is 10.0. The summed E-state index contributed by atoms with van der Waals surface area (Å²) < 4.78 is 2.03. The van der Waals surface area contributed by atoms with Gasteiger partial charge < -0.3 is 15.1 Å². The molecule has 3 heterocycles. The van der Waals surface area contributed by atoms with Crippen molar-refractivity contribution in [1.82, 2.24) is 20.0 Å². The lowest BCUT2D eigenvalue weighted by molar-refractivity contribution is -0.129. The van der Waals surface area contributed by atoms with Gasteiger partial charge in [-0.25, -0.2) is 0 Å². The van der Waals surface area contributed by atoms with Gasteiger partial charge in [-0.3, -0.25) is 14.3 Å². The van der Waals surface area contributed by atoms with Gasteiger partial charge in [0.05, 0.1) is 12.6 Å². The van der Waals surface area contributed by atoms with Gasteiger partial charge >= 0.3 is 0 Å². The van der Waals surface area contributed by atoms with Gasteiger partial charge in [-0.05, 0) is 19.4 Å². The Hall–Kier alpha value is -2.57. The van der Waals surface area contributed by atoms with E-state index < -0.39 is 0 Å². The van der Waals surface area contributed by atoms with Crippen molar-refractivity contribution < 1.29 is 9.59 Å². The zero-order valence-corrected chi connectivity index (χ0v) is 15.8. The summed E-state index contributed by atoms with van der Waals surface area (Å²) in [7, 11) is 1.94. The van der Waals surface area contributed by atoms with Crippen molar-refractivity contribution in [3.63, 3.8) is 0 Å². The zero-order valence-electron chi connectivity index (χ0n) is 15.8. The molecule has 0 aliphatic carbocycles. The van der Waals surface area contributed by atoms with Gasteiger partial charge in [-0.1, -0.05) is 12.7 Å². The van der Waals surface area contributed by atoms with E-state index in [0.29, 0.717) is 26.1 Å². The van der Waals surface area contributed by atoms with Crippen LogP contribution in [0.2, 0.25) is 0 Å². The fourth-order valence-electron chi connectivity index (χ4n) is 3.68. The second kappa shape index (κ2) is 7.35. The van der Waals surface area contributed by atoms with Crippen LogP contribution in [0.5, 0.6) is 0 Å². The van der Waals surface area contributed by atoms with E-state index in [1.165, 1.54) is 0 Å². The summed E-state index contributed by atoms with van der Waals surface area (Å²) in [6, 6.07) is 0.0681. The molecule has 1 aromatic heterocycles. The summed E-state index contributed by atoms with van der Waals surface area (Å²) in [5.41, 5.74) is 3.03. The van der Waals surface area contributed by atoms with Crippen LogP contribution in [0.15, 0.2) is 24.4 Å². The summed E-state index contributed by atoms with van der Waals surface area (Å²) in [6.45, 7) is 9.56. The molecule has 0 aromatic carbocycles. The molecule has 2 amide bonds. The van der Waals surface area contributed by atoms with Crippen LogP contribution in [0.25, 0.3) is 0 Å². The first kappa shape index (κ1) is 18.2. The van der Waals surface area contributed by atoms with E-state index in [1.54, 1.807) is 6.92 Å². The highest BCUT2D eigenvalue weighted by Crippen LogP contribution is 2.33. The minimum atomic E-state index is 0.0681. The SMILES string of the molecule is C=C(/C=C\C)N(C)c1nn(C2CCNC(=O)C2)c2c1CN(C(C)=O)CC2. The van der Waals surface area contributed by atoms with Crippen LogP contribution in [0.3, 0.4) is 0 Å². The second-order valence-electron chi connectivity index (χ2n) is 6.93. The summed E-state index contributed by atoms with van der Waals surface area (Å²) in [4.78, 5) is 27.5. The molecular weight excluding hydrogens is 330 g/mol. The van der Waals surface area contributed by atoms with Gasteiger partial charge in [0.25, 0.3) is 0 Å². The lowest BCUT2D eigenvalue weighted by Gasteiger charge is -2.29. The number of carbonyl (C=O) groups excluding carboxylic acids is 2. The number of likely N-dealkylation sites (N-methyl/N-ethyl adjacent to an activating group) is 1. The molecule has 1 N–H and O–H groups in total. The molecule has 1 fully saturated rings. The van der Waals surface area contributed by atoms with Crippen LogP contribution in [0.1, 0.15) is 44.0 Å². The molecule has 2 aliphatic rings. The predicted octanol–water partition coefficient (Wildman–Crippen LogP) is 1.76. The van der Waals surface area contributed by atoms with Gasteiger partial charge in [0, 0.05) is 56.9 Å². The van der Waals surface area contributed by atoms with Crippen molar-refractivity contribution in [2.75, 3.05) is 25.0 Å². The highest BCUT2D eigenvalue weighted by Gasteiger charge is 2.32. The first-order valence-electron chi connectivity index (χ1n) is 9.10. The normalized spacial score (nSPS) is 20.0. The third kappa shape index (κ3) is 3.38. The van der Waals surface area contributed by atoms with E-state index in [2.05, 4.69) is 11.9 Å². The number of nitrogens with one attached hydrogen (secondary N) is 1. The molecule has 1 unspecified atom stereocenters. The fraction of sp³-hybridized carbons (Fsp3) is 0.526. The molecular formula is C19H27N5O2. The number of hydrogen-bond donors (Lipinski definition) is 1. The minimum Gasteiger partial charge on any atom is -0.356 e. The Morgan fingerprint density at radius 2 is 2.23 bits per heavy atom. The van der Waals surface area contributed by atoms with Crippen LogP contribution >= 0.6 is 0 Å². The highest BCUT2D eigenvalue weighted by atomic mass is 16.2. The molecule has 0 bridgehead atoms. The Bertz CT molecular complexity index is 764. The van der Waals surface area contributed by atoms with Crippen LogP contribution in [0, 0.1) is 0 Å². The molecule has 2 aliphatic heterocycles. The fourth-order valence-corrected chi connectivity index (χ4v) is 3.68. The van der Waals surface area contributed by atoms with E-state index in [-0.39, 0.29) is 17.9 Å². The molecule has 7 heteroatoms. The number of carbonyl (C=O) groups is 2. The standard InChI is InChI=1S/C19H27N5O2/c1-5-6-13(2)22(4)19-16-12-23(14(3)25)10-8-17(16)24(21-19)15-7-9-20-18(26)11-15/h5-6,15H,2,7-12H2,1,3-4H3,(H,20,26)/b6-5-. The number of aromatic nitrogens is 2. The van der Waals surface area contributed by atoms with Gasteiger partial charge in [0.2, 0.25) is 11.8 Å². The molecule has 7 nitrogen and oxygen atoms in total. The first-order valence-corrected chi connectivity index (χ1v) is 9.10. The Kier molecular flexibility index (Phi) is 5.15. The summed E-state index contributed by atoms with van der Waals surface area (Å²) in [5.74, 6) is 0.960. The van der Waals surface area contributed by atoms with Gasteiger partial charge in [0.1, 0.15) is 0 Å². The Morgan fingerprint density at radius 3 is 2.88 bits per heavy atom. The molecule has 1 aromatic rings. The third-order valence-corrected chi connectivity index (χ3v) is 5.18. The number of nitrogens with zero attached hydrogens (tertiary/aromatic N) is 4. The average molecular weight is 357 g/mol. The first-order chi connectivity index (χ1) is 12.4. The van der Waals surface area contributed by atoms with Crippen LogP contribution in [-0.4, -0.2) is 46.6 Å². The molecule has 0 spiro atoms. The van der Waals surface area contributed by atoms with Crippen LogP contribution < -0.4 is 10.2 Å². The summed E-state index contributed by atoms with van der Waals surface area (Å²) >= 11 is 0. The molecule has 0 saturated carbocycles. The maximum absolute atomic E-state index is 11.9. The number of amides is 2. The smallest absolute Gasteiger partial charge is 0.222 e. The maximum atomic E-state index is 11.9. The molecule has 0 radical (unpaired) electrons. The van der Waals surface area contributed by atoms with Crippen LogP contribution in [0.4, 0.5) is 5.82 Å². The Morgan fingerprint density at radius 1 is 1.46 bits per heavy atom. The van der Waals surface area contributed by atoms with E-state index in [9.17, 15) is 9.59 Å². The lowest BCUT2D eigenvalue weighted by Crippen LogP contribution is -2.37.